The largest absolute Gasteiger partial charge is 0.468 e. The second-order valence-corrected chi connectivity index (χ2v) is 5.21. The molecule has 0 spiro atoms. The maximum Gasteiger partial charge on any atom is 0.325 e. The highest BCUT2D eigenvalue weighted by atomic mass is 19.1. The molecule has 0 saturated carbocycles. The van der Waals surface area contributed by atoms with Crippen LogP contribution < -0.4 is 10.6 Å². The fourth-order valence-corrected chi connectivity index (χ4v) is 2.00. The first-order valence-corrected chi connectivity index (χ1v) is 7.67. The summed E-state index contributed by atoms with van der Waals surface area (Å²) < 4.78 is 17.5. The molecule has 2 aromatic rings. The quantitative estimate of drug-likeness (QED) is 0.615. The average molecular weight is 356 g/mol. The van der Waals surface area contributed by atoms with E-state index >= 15 is 0 Å². The second kappa shape index (κ2) is 9.12. The smallest absolute Gasteiger partial charge is 0.325 e. The van der Waals surface area contributed by atoms with Crippen LogP contribution in [0.4, 0.5) is 10.1 Å². The molecule has 2 N–H and O–H groups in total. The molecule has 134 valence electrons. The van der Waals surface area contributed by atoms with Crippen molar-refractivity contribution >= 4 is 29.5 Å². The molecular weight excluding hydrogens is 339 g/mol. The number of benzene rings is 2. The number of amides is 2. The van der Waals surface area contributed by atoms with Gasteiger partial charge in [0.1, 0.15) is 12.4 Å². The Morgan fingerprint density at radius 2 is 1.85 bits per heavy atom. The van der Waals surface area contributed by atoms with Crippen molar-refractivity contribution in [3.63, 3.8) is 0 Å². The fraction of sp³-hybridized carbons (Fsp3) is 0.105. The van der Waals surface area contributed by atoms with Gasteiger partial charge in [0.05, 0.1) is 7.11 Å². The minimum Gasteiger partial charge on any atom is -0.468 e. The molecule has 2 aromatic carbocycles. The molecule has 0 heterocycles. The Morgan fingerprint density at radius 1 is 1.12 bits per heavy atom. The molecule has 0 saturated heterocycles. The lowest BCUT2D eigenvalue weighted by molar-refractivity contribution is -0.139. The second-order valence-electron chi connectivity index (χ2n) is 5.21. The van der Waals surface area contributed by atoms with Crippen molar-refractivity contribution in [1.29, 1.82) is 0 Å². The van der Waals surface area contributed by atoms with Crippen molar-refractivity contribution in [2.24, 2.45) is 0 Å². The minimum atomic E-state index is -0.549. The molecule has 2 amide bonds. The van der Waals surface area contributed by atoms with Gasteiger partial charge in [-0.1, -0.05) is 12.1 Å². The Hall–Kier alpha value is -3.48. The lowest BCUT2D eigenvalue weighted by atomic mass is 10.2. The van der Waals surface area contributed by atoms with Gasteiger partial charge in [-0.2, -0.15) is 0 Å². The predicted molar refractivity (Wildman–Crippen MR) is 94.9 cm³/mol. The van der Waals surface area contributed by atoms with E-state index < -0.39 is 17.8 Å². The molecule has 0 radical (unpaired) electrons. The molecule has 0 bridgehead atoms. The van der Waals surface area contributed by atoms with Gasteiger partial charge in [-0.25, -0.2) is 4.39 Å². The number of ether oxygens (including phenoxy) is 1. The average Bonchev–Trinajstić information content (AvgIpc) is 2.65. The van der Waals surface area contributed by atoms with Gasteiger partial charge in [-0.3, -0.25) is 14.4 Å². The van der Waals surface area contributed by atoms with Crippen molar-refractivity contribution in [2.45, 2.75) is 0 Å². The number of anilines is 1. The van der Waals surface area contributed by atoms with E-state index in [2.05, 4.69) is 15.4 Å². The summed E-state index contributed by atoms with van der Waals surface area (Å²) in [4.78, 5) is 34.7. The monoisotopic (exact) mass is 356 g/mol. The molecular formula is C19H17FN2O4. The Labute approximate surface area is 149 Å². The minimum absolute atomic E-state index is 0.224. The van der Waals surface area contributed by atoms with Crippen LogP contribution in [-0.4, -0.2) is 31.4 Å². The molecule has 0 fully saturated rings. The van der Waals surface area contributed by atoms with E-state index in [0.29, 0.717) is 16.8 Å². The van der Waals surface area contributed by atoms with Gasteiger partial charge in [0.25, 0.3) is 5.91 Å². The highest BCUT2D eigenvalue weighted by Crippen LogP contribution is 2.10. The highest BCUT2D eigenvalue weighted by molar-refractivity contribution is 6.02. The number of carbonyl (C=O) groups is 3. The van der Waals surface area contributed by atoms with E-state index in [9.17, 15) is 18.8 Å². The van der Waals surface area contributed by atoms with Crippen molar-refractivity contribution in [1.82, 2.24) is 5.32 Å². The molecule has 6 nitrogen and oxygen atoms in total. The zero-order valence-corrected chi connectivity index (χ0v) is 14.0. The number of nitrogens with one attached hydrogen (secondary N) is 2. The highest BCUT2D eigenvalue weighted by Gasteiger charge is 2.08. The number of methoxy groups -OCH3 is 1. The van der Waals surface area contributed by atoms with Crippen LogP contribution in [0.1, 0.15) is 15.9 Å². The normalized spacial score (nSPS) is 10.4. The lowest BCUT2D eigenvalue weighted by Gasteiger charge is -2.06. The standard InChI is InChI=1S/C19H17FN2O4/c1-26-18(24)12-21-19(25)14-6-8-16(9-7-14)22-17(23)10-5-13-3-2-4-15(20)11-13/h2-11H,12H2,1H3,(H,21,25)(H,22,23)/b10-5+. The Kier molecular flexibility index (Phi) is 6.61. The first kappa shape index (κ1) is 18.9. The van der Waals surface area contributed by atoms with Crippen molar-refractivity contribution < 1.29 is 23.5 Å². The summed E-state index contributed by atoms with van der Waals surface area (Å²) in [6.45, 7) is -0.224. The van der Waals surface area contributed by atoms with Crippen LogP contribution in [0, 0.1) is 5.82 Å². The van der Waals surface area contributed by atoms with Crippen LogP contribution in [0.15, 0.2) is 54.6 Å². The van der Waals surface area contributed by atoms with Crippen LogP contribution >= 0.6 is 0 Å². The van der Waals surface area contributed by atoms with Crippen LogP contribution in [0.2, 0.25) is 0 Å². The van der Waals surface area contributed by atoms with Crippen molar-refractivity contribution in [3.8, 4) is 0 Å². The molecule has 0 unspecified atom stereocenters. The summed E-state index contributed by atoms with van der Waals surface area (Å²) in [5.41, 5.74) is 1.39. The van der Waals surface area contributed by atoms with Crippen LogP contribution in [0.5, 0.6) is 0 Å². The third-order valence-corrected chi connectivity index (χ3v) is 3.31. The fourth-order valence-electron chi connectivity index (χ4n) is 2.00. The van der Waals surface area contributed by atoms with Crippen molar-refractivity contribution in [2.75, 3.05) is 19.0 Å². The van der Waals surface area contributed by atoms with E-state index in [1.807, 2.05) is 0 Å². The van der Waals surface area contributed by atoms with Crippen LogP contribution in [0.25, 0.3) is 6.08 Å². The van der Waals surface area contributed by atoms with Gasteiger partial charge in [0, 0.05) is 17.3 Å². The maximum atomic E-state index is 13.1. The van der Waals surface area contributed by atoms with E-state index in [0.717, 1.165) is 0 Å². The van der Waals surface area contributed by atoms with Crippen molar-refractivity contribution in [3.05, 3.63) is 71.6 Å². The zero-order chi connectivity index (χ0) is 18.9. The number of rotatable bonds is 6. The molecule has 0 aromatic heterocycles. The molecule has 2 rings (SSSR count). The first-order chi connectivity index (χ1) is 12.5. The van der Waals surface area contributed by atoms with Gasteiger partial charge in [0.2, 0.25) is 5.91 Å². The predicted octanol–water partition coefficient (Wildman–Crippen LogP) is 2.38. The first-order valence-electron chi connectivity index (χ1n) is 7.67. The van der Waals surface area contributed by atoms with Crippen LogP contribution in [-0.2, 0) is 14.3 Å². The van der Waals surface area contributed by atoms with Gasteiger partial charge < -0.3 is 15.4 Å². The summed E-state index contributed by atoms with van der Waals surface area (Å²) >= 11 is 0. The van der Waals surface area contributed by atoms with Crippen LogP contribution in [0.3, 0.4) is 0 Å². The lowest BCUT2D eigenvalue weighted by Crippen LogP contribution is -2.30. The Balaban J connectivity index is 1.91. The molecule has 0 aliphatic carbocycles. The summed E-state index contributed by atoms with van der Waals surface area (Å²) in [5, 5.41) is 5.04. The summed E-state index contributed by atoms with van der Waals surface area (Å²) in [6, 6.07) is 12.0. The van der Waals surface area contributed by atoms with E-state index in [1.165, 1.54) is 43.5 Å². The van der Waals surface area contributed by atoms with E-state index in [-0.39, 0.29) is 12.4 Å². The number of hydrogen-bond acceptors (Lipinski definition) is 4. The molecule has 0 aliphatic heterocycles. The number of esters is 1. The maximum absolute atomic E-state index is 13.1. The molecule has 26 heavy (non-hydrogen) atoms. The SMILES string of the molecule is COC(=O)CNC(=O)c1ccc(NC(=O)/C=C/c2cccc(F)c2)cc1. The summed E-state index contributed by atoms with van der Waals surface area (Å²) in [7, 11) is 1.23. The summed E-state index contributed by atoms with van der Waals surface area (Å²) in [5.74, 6) is -1.75. The number of carbonyl (C=O) groups excluding carboxylic acids is 3. The number of hydrogen-bond donors (Lipinski definition) is 2. The third kappa shape index (κ3) is 5.86. The van der Waals surface area contributed by atoms with Gasteiger partial charge in [0.15, 0.2) is 0 Å². The van der Waals surface area contributed by atoms with Gasteiger partial charge in [-0.15, -0.1) is 0 Å². The molecule has 0 atom stereocenters. The number of halogens is 1. The van der Waals surface area contributed by atoms with E-state index in [4.69, 9.17) is 0 Å². The molecule has 7 heteroatoms. The summed E-state index contributed by atoms with van der Waals surface area (Å²) in [6.07, 6.45) is 2.78. The Morgan fingerprint density at radius 3 is 2.50 bits per heavy atom. The van der Waals surface area contributed by atoms with E-state index in [1.54, 1.807) is 24.3 Å². The zero-order valence-electron chi connectivity index (χ0n) is 14.0. The third-order valence-electron chi connectivity index (χ3n) is 3.31. The van der Waals surface area contributed by atoms with Gasteiger partial charge in [-0.05, 0) is 48.0 Å². The van der Waals surface area contributed by atoms with Gasteiger partial charge >= 0.3 is 5.97 Å². The topological polar surface area (TPSA) is 84.5 Å². The Bertz CT molecular complexity index is 832. The molecule has 0 aliphatic rings.